The number of amides is 2. The van der Waals surface area contributed by atoms with Gasteiger partial charge in [0.05, 0.1) is 5.69 Å². The molecule has 0 saturated carbocycles. The Hall–Kier alpha value is -4.59. The maximum absolute atomic E-state index is 13.5. The molecule has 0 fully saturated rings. The van der Waals surface area contributed by atoms with Crippen molar-refractivity contribution in [1.29, 1.82) is 0 Å². The van der Waals surface area contributed by atoms with Crippen molar-refractivity contribution in [2.24, 2.45) is 0 Å². The van der Waals surface area contributed by atoms with E-state index in [9.17, 15) is 9.59 Å². The largest absolute Gasteiger partial charge is 0.290 e. The molecule has 8 heteroatoms. The van der Waals surface area contributed by atoms with Crippen molar-refractivity contribution in [2.45, 2.75) is 0 Å². The van der Waals surface area contributed by atoms with Crippen LogP contribution in [-0.4, -0.2) is 35.9 Å². The van der Waals surface area contributed by atoms with Crippen molar-refractivity contribution in [2.75, 3.05) is 4.90 Å². The molecule has 0 radical (unpaired) electrons. The molecule has 2 aromatic carbocycles. The van der Waals surface area contributed by atoms with E-state index in [1.165, 1.54) is 4.90 Å². The van der Waals surface area contributed by atoms with Gasteiger partial charge in [0.25, 0.3) is 11.8 Å². The van der Waals surface area contributed by atoms with E-state index < -0.39 is 0 Å². The van der Waals surface area contributed by atoms with E-state index in [4.69, 9.17) is 0 Å². The van der Waals surface area contributed by atoms with Gasteiger partial charge in [-0.2, -0.15) is 0 Å². The predicted octanol–water partition coefficient (Wildman–Crippen LogP) is 3.41. The lowest BCUT2D eigenvalue weighted by molar-refractivity contribution is 0.0893. The monoisotopic (exact) mass is 406 g/mol. The van der Waals surface area contributed by atoms with Crippen LogP contribution in [0.15, 0.2) is 86.0 Å². The van der Waals surface area contributed by atoms with Crippen molar-refractivity contribution < 1.29 is 9.59 Å². The van der Waals surface area contributed by atoms with E-state index in [-0.39, 0.29) is 11.8 Å². The molecule has 31 heavy (non-hydrogen) atoms. The molecule has 0 spiro atoms. The number of nitrogens with zero attached hydrogens (tertiary/aromatic N) is 6. The highest BCUT2D eigenvalue weighted by atomic mass is 16.2. The first-order valence-electron chi connectivity index (χ1n) is 9.60. The first kappa shape index (κ1) is 17.3. The van der Waals surface area contributed by atoms with Crippen LogP contribution in [-0.2, 0) is 0 Å². The molecule has 3 aromatic heterocycles. The van der Waals surface area contributed by atoms with Gasteiger partial charge in [0.1, 0.15) is 24.3 Å². The Bertz CT molecular complexity index is 1370. The molecule has 5 aromatic rings. The van der Waals surface area contributed by atoms with Crippen LogP contribution in [0.5, 0.6) is 0 Å². The topological polar surface area (TPSA) is 85.9 Å². The molecule has 0 bridgehead atoms. The van der Waals surface area contributed by atoms with Gasteiger partial charge < -0.3 is 0 Å². The predicted molar refractivity (Wildman–Crippen MR) is 114 cm³/mol. The van der Waals surface area contributed by atoms with Crippen LogP contribution >= 0.6 is 0 Å². The number of anilines is 1. The van der Waals surface area contributed by atoms with Crippen LogP contribution in [0, 0.1) is 0 Å². The minimum atomic E-state index is -0.367. The van der Waals surface area contributed by atoms with E-state index in [0.29, 0.717) is 33.8 Å². The van der Waals surface area contributed by atoms with E-state index in [1.54, 1.807) is 70.8 Å². The highest BCUT2D eigenvalue weighted by Crippen LogP contribution is 2.33. The van der Waals surface area contributed by atoms with Gasteiger partial charge in [-0.15, -0.1) is 0 Å². The number of hydrogen-bond donors (Lipinski definition) is 0. The first-order valence-corrected chi connectivity index (χ1v) is 9.60. The molecule has 0 aliphatic carbocycles. The van der Waals surface area contributed by atoms with Gasteiger partial charge in [-0.1, -0.05) is 24.3 Å². The normalized spacial score (nSPS) is 13.2. The van der Waals surface area contributed by atoms with Gasteiger partial charge in [-0.3, -0.25) is 18.7 Å². The fourth-order valence-electron chi connectivity index (χ4n) is 3.94. The van der Waals surface area contributed by atoms with Crippen molar-refractivity contribution in [1.82, 2.24) is 24.1 Å². The molecule has 1 aliphatic heterocycles. The second-order valence-electron chi connectivity index (χ2n) is 7.14. The van der Waals surface area contributed by atoms with Crippen molar-refractivity contribution in [3.8, 4) is 11.6 Å². The Morgan fingerprint density at radius 1 is 0.710 bits per heavy atom. The zero-order valence-corrected chi connectivity index (χ0v) is 16.1. The Labute approximate surface area is 176 Å². The molecule has 0 saturated heterocycles. The summed E-state index contributed by atoms with van der Waals surface area (Å²) < 4.78 is 3.44. The molecular weight excluding hydrogens is 392 g/mol. The molecule has 4 heterocycles. The Kier molecular flexibility index (Phi) is 3.60. The molecule has 8 nitrogen and oxygen atoms in total. The van der Waals surface area contributed by atoms with Crippen LogP contribution in [0.4, 0.5) is 5.69 Å². The SMILES string of the molecule is O=C1c2cccc3cccc(c23)C(=O)N1c1cc(-n2ccnc2)nc(-n2ccnc2)c1. The summed E-state index contributed by atoms with van der Waals surface area (Å²) in [6.07, 6.45) is 10.00. The van der Waals surface area contributed by atoms with Crippen LogP contribution < -0.4 is 4.90 Å². The number of imide groups is 1. The lowest BCUT2D eigenvalue weighted by Crippen LogP contribution is -2.40. The summed E-state index contributed by atoms with van der Waals surface area (Å²) >= 11 is 0. The van der Waals surface area contributed by atoms with Gasteiger partial charge >= 0.3 is 0 Å². The number of rotatable bonds is 3. The zero-order valence-electron chi connectivity index (χ0n) is 16.1. The van der Waals surface area contributed by atoms with Gasteiger partial charge in [0, 0.05) is 53.4 Å². The maximum atomic E-state index is 13.5. The van der Waals surface area contributed by atoms with Crippen LogP contribution in [0.1, 0.15) is 20.7 Å². The minimum absolute atomic E-state index is 0.367. The Balaban J connectivity index is 1.58. The van der Waals surface area contributed by atoms with E-state index in [1.807, 2.05) is 24.3 Å². The third kappa shape index (κ3) is 2.58. The third-order valence-electron chi connectivity index (χ3n) is 5.35. The summed E-state index contributed by atoms with van der Waals surface area (Å²) in [6.45, 7) is 0. The smallest absolute Gasteiger partial charge is 0.265 e. The molecule has 0 atom stereocenters. The number of benzene rings is 2. The number of pyridine rings is 1. The van der Waals surface area contributed by atoms with Crippen molar-refractivity contribution >= 4 is 28.3 Å². The second kappa shape index (κ2) is 6.46. The molecule has 6 rings (SSSR count). The summed E-state index contributed by atoms with van der Waals surface area (Å²) in [6, 6.07) is 14.4. The van der Waals surface area contributed by atoms with Gasteiger partial charge in [-0.25, -0.2) is 19.9 Å². The average Bonchev–Trinajstić information content (AvgIpc) is 3.52. The molecular formula is C23H14N6O2. The molecule has 148 valence electrons. The summed E-state index contributed by atoms with van der Waals surface area (Å²) in [5.41, 5.74) is 1.42. The van der Waals surface area contributed by atoms with Gasteiger partial charge in [-0.05, 0) is 17.5 Å². The lowest BCUT2D eigenvalue weighted by Gasteiger charge is -2.27. The highest BCUT2D eigenvalue weighted by molar-refractivity contribution is 6.35. The third-order valence-corrected chi connectivity index (χ3v) is 5.35. The summed E-state index contributed by atoms with van der Waals surface area (Å²) in [7, 11) is 0. The van der Waals surface area contributed by atoms with Crippen LogP contribution in [0.3, 0.4) is 0 Å². The van der Waals surface area contributed by atoms with Crippen LogP contribution in [0.25, 0.3) is 22.4 Å². The quantitative estimate of drug-likeness (QED) is 0.429. The van der Waals surface area contributed by atoms with E-state index >= 15 is 0 Å². The summed E-state index contributed by atoms with van der Waals surface area (Å²) in [5, 5.41) is 1.55. The number of imidazole rings is 2. The lowest BCUT2D eigenvalue weighted by atomic mass is 9.94. The minimum Gasteiger partial charge on any atom is -0.290 e. The van der Waals surface area contributed by atoms with E-state index in [2.05, 4.69) is 15.0 Å². The fraction of sp³-hybridized carbons (Fsp3) is 0. The fourth-order valence-corrected chi connectivity index (χ4v) is 3.94. The molecule has 0 unspecified atom stereocenters. The highest BCUT2D eigenvalue weighted by Gasteiger charge is 2.34. The average molecular weight is 406 g/mol. The number of carbonyl (C=O) groups excluding carboxylic acids is 2. The van der Waals surface area contributed by atoms with Gasteiger partial charge in [0.2, 0.25) is 0 Å². The van der Waals surface area contributed by atoms with Gasteiger partial charge in [0.15, 0.2) is 0 Å². The van der Waals surface area contributed by atoms with Crippen molar-refractivity contribution in [3.63, 3.8) is 0 Å². The molecule has 0 N–H and O–H groups in total. The number of carbonyl (C=O) groups is 2. The second-order valence-corrected chi connectivity index (χ2v) is 7.14. The Morgan fingerprint density at radius 2 is 1.26 bits per heavy atom. The van der Waals surface area contributed by atoms with E-state index in [0.717, 1.165) is 5.39 Å². The Morgan fingerprint density at radius 3 is 1.74 bits per heavy atom. The molecule has 1 aliphatic rings. The summed E-state index contributed by atoms with van der Waals surface area (Å²) in [5.74, 6) is 0.315. The molecule has 2 amide bonds. The maximum Gasteiger partial charge on any atom is 0.265 e. The van der Waals surface area contributed by atoms with Crippen molar-refractivity contribution in [3.05, 3.63) is 97.1 Å². The first-order chi connectivity index (χ1) is 15.2. The van der Waals surface area contributed by atoms with Crippen LogP contribution in [0.2, 0.25) is 0 Å². The zero-order chi connectivity index (χ0) is 20.9. The number of hydrogen-bond acceptors (Lipinski definition) is 5. The summed E-state index contributed by atoms with van der Waals surface area (Å²) in [4.78, 5) is 40.9. The number of aromatic nitrogens is 5. The standard InChI is InChI=1S/C23H14N6O2/c30-22-17-5-1-3-15-4-2-6-18(21(15)17)23(31)29(22)16-11-19(27-9-7-24-13-27)26-20(12-16)28-10-8-25-14-28/h1-14H.